The fourth-order valence-corrected chi connectivity index (χ4v) is 8.10. The van der Waals surface area contributed by atoms with Crippen LogP contribution in [-0.4, -0.2) is 0 Å². The first kappa shape index (κ1) is 34.5. The number of hydrogen-bond acceptors (Lipinski definition) is 0. The maximum Gasteiger partial charge on any atom is 0.0130 e. The van der Waals surface area contributed by atoms with Gasteiger partial charge in [0.25, 0.3) is 0 Å². The van der Waals surface area contributed by atoms with Crippen LogP contribution in [0.4, 0.5) is 0 Å². The molecule has 3 aliphatic carbocycles. The van der Waals surface area contributed by atoms with Crippen LogP contribution in [0.15, 0.2) is 163 Å². The third-order valence-corrected chi connectivity index (χ3v) is 11.3. The molecule has 256 valence electrons. The molecule has 3 aliphatic rings. The number of benzene rings is 5. The van der Waals surface area contributed by atoms with Crippen molar-refractivity contribution in [2.24, 2.45) is 5.92 Å². The lowest BCUT2D eigenvalue weighted by Crippen LogP contribution is -2.09. The van der Waals surface area contributed by atoms with Crippen LogP contribution in [-0.2, 0) is 6.42 Å². The molecule has 0 aliphatic heterocycles. The van der Waals surface area contributed by atoms with Gasteiger partial charge in [-0.2, -0.15) is 0 Å². The number of allylic oxidation sites excluding steroid dienone is 8. The number of rotatable bonds is 8. The Morgan fingerprint density at radius 1 is 0.667 bits per heavy atom. The van der Waals surface area contributed by atoms with Gasteiger partial charge in [-0.3, -0.25) is 0 Å². The largest absolute Gasteiger partial charge is 0.0836 e. The summed E-state index contributed by atoms with van der Waals surface area (Å²) in [6, 6.07) is 47.2. The SMILES string of the molecule is CC(CCc1ccccc1)c1ccc(-c2ccc(C(C)C3C4=C(C=CCC4)c4ccccc43)cc2)cc1.Cc1ccc(C2=CCC(C)C=C2)cc1. The Hall–Kier alpha value is -4.94. The van der Waals surface area contributed by atoms with Gasteiger partial charge in [-0.25, -0.2) is 0 Å². The van der Waals surface area contributed by atoms with Gasteiger partial charge in [0.1, 0.15) is 0 Å². The summed E-state index contributed by atoms with van der Waals surface area (Å²) < 4.78 is 0. The molecule has 5 aromatic rings. The van der Waals surface area contributed by atoms with Crippen molar-refractivity contribution in [2.45, 2.75) is 77.6 Å². The molecule has 4 unspecified atom stereocenters. The first-order valence-electron chi connectivity index (χ1n) is 19.1. The van der Waals surface area contributed by atoms with Crippen molar-refractivity contribution in [3.05, 3.63) is 202 Å². The van der Waals surface area contributed by atoms with E-state index < -0.39 is 0 Å². The Morgan fingerprint density at radius 2 is 1.31 bits per heavy atom. The van der Waals surface area contributed by atoms with Crippen LogP contribution in [0.2, 0.25) is 0 Å². The van der Waals surface area contributed by atoms with Gasteiger partial charge in [0.05, 0.1) is 0 Å². The zero-order valence-corrected chi connectivity index (χ0v) is 30.9. The zero-order valence-electron chi connectivity index (χ0n) is 30.9. The van der Waals surface area contributed by atoms with Crippen molar-refractivity contribution in [3.63, 3.8) is 0 Å². The number of fused-ring (bicyclic) bond motifs is 2. The fourth-order valence-electron chi connectivity index (χ4n) is 8.10. The molecular weight excluding hydrogens is 613 g/mol. The molecule has 0 bridgehead atoms. The maximum atomic E-state index is 2.41. The van der Waals surface area contributed by atoms with Crippen LogP contribution in [0.3, 0.4) is 0 Å². The fraction of sp³-hybridized carbons (Fsp3) is 0.255. The quantitative estimate of drug-likeness (QED) is 0.155. The summed E-state index contributed by atoms with van der Waals surface area (Å²) in [7, 11) is 0. The lowest BCUT2D eigenvalue weighted by Gasteiger charge is -2.25. The molecule has 0 saturated heterocycles. The van der Waals surface area contributed by atoms with E-state index in [2.05, 4.69) is 185 Å². The lowest BCUT2D eigenvalue weighted by atomic mass is 9.78. The maximum absolute atomic E-state index is 2.41. The Balaban J connectivity index is 0.000000243. The third kappa shape index (κ3) is 8.02. The molecule has 0 nitrogen and oxygen atoms in total. The molecule has 0 heteroatoms. The highest BCUT2D eigenvalue weighted by Crippen LogP contribution is 2.52. The predicted molar refractivity (Wildman–Crippen MR) is 220 cm³/mol. The smallest absolute Gasteiger partial charge is 0.0130 e. The summed E-state index contributed by atoms with van der Waals surface area (Å²) >= 11 is 0. The van der Waals surface area contributed by atoms with Crippen molar-refractivity contribution >= 4 is 11.1 Å². The van der Waals surface area contributed by atoms with E-state index in [0.29, 0.717) is 23.7 Å². The molecule has 0 amide bonds. The molecule has 0 saturated carbocycles. The van der Waals surface area contributed by atoms with Crippen LogP contribution in [0.25, 0.3) is 22.3 Å². The molecule has 0 aromatic heterocycles. The Bertz CT molecular complexity index is 2030. The summed E-state index contributed by atoms with van der Waals surface area (Å²) in [5.74, 6) is 2.20. The highest BCUT2D eigenvalue weighted by molar-refractivity contribution is 5.85. The minimum atomic E-state index is 0.460. The molecule has 0 spiro atoms. The highest BCUT2D eigenvalue weighted by atomic mass is 14.4. The lowest BCUT2D eigenvalue weighted by molar-refractivity contribution is 0.633. The Morgan fingerprint density at radius 3 is 2.00 bits per heavy atom. The topological polar surface area (TPSA) is 0 Å². The minimum absolute atomic E-state index is 0.460. The number of aryl methyl sites for hydroxylation is 2. The van der Waals surface area contributed by atoms with Crippen molar-refractivity contribution in [2.75, 3.05) is 0 Å². The van der Waals surface area contributed by atoms with Crippen LogP contribution in [0, 0.1) is 12.8 Å². The van der Waals surface area contributed by atoms with Gasteiger partial charge < -0.3 is 0 Å². The summed E-state index contributed by atoms with van der Waals surface area (Å²) in [5.41, 5.74) is 17.0. The minimum Gasteiger partial charge on any atom is -0.0836 e. The van der Waals surface area contributed by atoms with Crippen LogP contribution >= 0.6 is 0 Å². The van der Waals surface area contributed by atoms with E-state index in [-0.39, 0.29) is 0 Å². The van der Waals surface area contributed by atoms with Gasteiger partial charge in [-0.05, 0) is 112 Å². The molecular formula is C51H52. The summed E-state index contributed by atoms with van der Waals surface area (Å²) in [6.45, 7) is 9.13. The van der Waals surface area contributed by atoms with E-state index >= 15 is 0 Å². The molecule has 0 N–H and O–H groups in total. The molecule has 8 rings (SSSR count). The van der Waals surface area contributed by atoms with Gasteiger partial charge in [0, 0.05) is 5.92 Å². The van der Waals surface area contributed by atoms with Crippen molar-refractivity contribution in [1.29, 1.82) is 0 Å². The summed E-state index contributed by atoms with van der Waals surface area (Å²) in [5, 5.41) is 0. The first-order valence-corrected chi connectivity index (χ1v) is 19.1. The predicted octanol–water partition coefficient (Wildman–Crippen LogP) is 14.1. The van der Waals surface area contributed by atoms with Crippen LogP contribution in [0.5, 0.6) is 0 Å². The van der Waals surface area contributed by atoms with Gasteiger partial charge in [0.15, 0.2) is 0 Å². The van der Waals surface area contributed by atoms with Crippen molar-refractivity contribution in [3.8, 4) is 11.1 Å². The second-order valence-corrected chi connectivity index (χ2v) is 15.0. The van der Waals surface area contributed by atoms with E-state index in [1.807, 2.05) is 0 Å². The van der Waals surface area contributed by atoms with Gasteiger partial charge in [-0.1, -0.05) is 190 Å². The monoisotopic (exact) mass is 664 g/mol. The second kappa shape index (κ2) is 15.9. The van der Waals surface area contributed by atoms with Crippen LogP contribution < -0.4 is 0 Å². The molecule has 51 heavy (non-hydrogen) atoms. The molecule has 0 heterocycles. The third-order valence-electron chi connectivity index (χ3n) is 11.3. The average molecular weight is 665 g/mol. The summed E-state index contributed by atoms with van der Waals surface area (Å²) in [6.07, 6.45) is 17.4. The first-order chi connectivity index (χ1) is 24.9. The standard InChI is InChI=1S/C37H36.C14H16/c1-26(16-17-28-10-4-3-5-11-28)29-18-22-31(23-19-29)32-24-20-30(21-25-32)27(2)37-35-14-8-6-12-33(35)34-13-7-9-15-36(34)37;1-11-3-7-13(8-4-11)14-9-5-12(2)6-10-14/h3-8,10-14,18-27,37H,9,15-17H2,1-2H3;3-5,7-10,12H,6H2,1-2H3. The average Bonchev–Trinajstić information content (AvgIpc) is 3.52. The van der Waals surface area contributed by atoms with E-state index in [1.165, 1.54) is 80.5 Å². The molecule has 5 aromatic carbocycles. The van der Waals surface area contributed by atoms with Crippen molar-refractivity contribution < 1.29 is 0 Å². The molecule has 4 atom stereocenters. The van der Waals surface area contributed by atoms with Crippen LogP contribution in [0.1, 0.15) is 103 Å². The van der Waals surface area contributed by atoms with E-state index in [0.717, 1.165) is 12.8 Å². The highest BCUT2D eigenvalue weighted by Gasteiger charge is 2.34. The molecule has 0 fully saturated rings. The van der Waals surface area contributed by atoms with Gasteiger partial charge in [0.2, 0.25) is 0 Å². The van der Waals surface area contributed by atoms with Gasteiger partial charge in [-0.15, -0.1) is 0 Å². The summed E-state index contributed by atoms with van der Waals surface area (Å²) in [4.78, 5) is 0. The second-order valence-electron chi connectivity index (χ2n) is 15.0. The van der Waals surface area contributed by atoms with E-state index in [9.17, 15) is 0 Å². The number of hydrogen-bond donors (Lipinski definition) is 0. The van der Waals surface area contributed by atoms with E-state index in [1.54, 1.807) is 5.57 Å². The molecule has 0 radical (unpaired) electrons. The Labute approximate surface area is 307 Å². The Kier molecular flexibility index (Phi) is 10.8. The van der Waals surface area contributed by atoms with Crippen molar-refractivity contribution in [1.82, 2.24) is 0 Å². The van der Waals surface area contributed by atoms with E-state index in [4.69, 9.17) is 0 Å². The van der Waals surface area contributed by atoms with Gasteiger partial charge >= 0.3 is 0 Å². The zero-order chi connectivity index (χ0) is 35.2. The normalized spacial score (nSPS) is 18.6.